The monoisotopic (exact) mass is 390 g/mol. The van der Waals surface area contributed by atoms with Gasteiger partial charge in [0.1, 0.15) is 12.4 Å². The Kier molecular flexibility index (Phi) is 8.09. The molecule has 3 heteroatoms. The number of hydrogen-bond acceptors (Lipinski definition) is 3. The van der Waals surface area contributed by atoms with E-state index in [1.165, 1.54) is 27.5 Å². The first-order valence-electron chi connectivity index (χ1n) is 10.8. The first-order valence-corrected chi connectivity index (χ1v) is 10.8. The molecule has 0 fully saturated rings. The summed E-state index contributed by atoms with van der Waals surface area (Å²) in [7, 11) is 0. The SMILES string of the molecule is CCN(CC)CCCNCc1c(OCc2ccc(C)cc2)ccc2ccccc12. The third kappa shape index (κ3) is 6.06. The molecule has 0 aliphatic carbocycles. The number of hydrogen-bond donors (Lipinski definition) is 1. The Morgan fingerprint density at radius 1 is 0.897 bits per heavy atom. The molecule has 0 amide bonds. The average Bonchev–Trinajstić information content (AvgIpc) is 2.76. The van der Waals surface area contributed by atoms with Gasteiger partial charge in [0.2, 0.25) is 0 Å². The van der Waals surface area contributed by atoms with Crippen molar-refractivity contribution >= 4 is 10.8 Å². The van der Waals surface area contributed by atoms with Gasteiger partial charge >= 0.3 is 0 Å². The predicted molar refractivity (Wildman–Crippen MR) is 124 cm³/mol. The van der Waals surface area contributed by atoms with Gasteiger partial charge in [-0.15, -0.1) is 0 Å². The van der Waals surface area contributed by atoms with Crippen molar-refractivity contribution < 1.29 is 4.74 Å². The van der Waals surface area contributed by atoms with Gasteiger partial charge in [0.05, 0.1) is 0 Å². The van der Waals surface area contributed by atoms with Crippen molar-refractivity contribution in [3.8, 4) is 5.75 Å². The first-order chi connectivity index (χ1) is 14.2. The Morgan fingerprint density at radius 2 is 1.66 bits per heavy atom. The molecule has 3 aromatic carbocycles. The van der Waals surface area contributed by atoms with Crippen LogP contribution in [0, 0.1) is 6.92 Å². The molecule has 1 N–H and O–H groups in total. The Hall–Kier alpha value is -2.36. The average molecular weight is 391 g/mol. The summed E-state index contributed by atoms with van der Waals surface area (Å²) in [5.41, 5.74) is 3.72. The van der Waals surface area contributed by atoms with Crippen LogP contribution in [-0.4, -0.2) is 31.1 Å². The summed E-state index contributed by atoms with van der Waals surface area (Å²) in [4.78, 5) is 2.47. The quantitative estimate of drug-likeness (QED) is 0.435. The molecule has 0 heterocycles. The molecule has 3 nitrogen and oxygen atoms in total. The smallest absolute Gasteiger partial charge is 0.124 e. The number of aryl methyl sites for hydroxylation is 1. The number of rotatable bonds is 11. The van der Waals surface area contributed by atoms with Crippen LogP contribution in [-0.2, 0) is 13.2 Å². The summed E-state index contributed by atoms with van der Waals surface area (Å²) in [6, 6.07) is 21.4. The second kappa shape index (κ2) is 11.0. The summed E-state index contributed by atoms with van der Waals surface area (Å²) in [6.45, 7) is 12.4. The van der Waals surface area contributed by atoms with Crippen molar-refractivity contribution in [2.24, 2.45) is 0 Å². The fourth-order valence-electron chi connectivity index (χ4n) is 3.66. The number of nitrogens with zero attached hydrogens (tertiary/aromatic N) is 1. The van der Waals surface area contributed by atoms with Crippen LogP contribution in [0.2, 0.25) is 0 Å². The van der Waals surface area contributed by atoms with E-state index < -0.39 is 0 Å². The summed E-state index contributed by atoms with van der Waals surface area (Å²) in [6.07, 6.45) is 1.16. The van der Waals surface area contributed by atoms with Gasteiger partial charge in [-0.1, -0.05) is 74.0 Å². The minimum absolute atomic E-state index is 0.591. The predicted octanol–water partition coefficient (Wildman–Crippen LogP) is 5.55. The third-order valence-electron chi connectivity index (χ3n) is 5.54. The van der Waals surface area contributed by atoms with Crippen LogP contribution in [0.5, 0.6) is 5.75 Å². The molecule has 154 valence electrons. The highest BCUT2D eigenvalue weighted by atomic mass is 16.5. The fraction of sp³-hybridized carbons (Fsp3) is 0.385. The molecule has 0 aromatic heterocycles. The van der Waals surface area contributed by atoms with E-state index in [0.717, 1.165) is 44.9 Å². The highest BCUT2D eigenvalue weighted by Crippen LogP contribution is 2.28. The normalized spacial score (nSPS) is 11.3. The van der Waals surface area contributed by atoms with Crippen molar-refractivity contribution in [3.63, 3.8) is 0 Å². The second-order valence-electron chi connectivity index (χ2n) is 7.59. The van der Waals surface area contributed by atoms with Crippen LogP contribution >= 0.6 is 0 Å². The molecule has 29 heavy (non-hydrogen) atoms. The largest absolute Gasteiger partial charge is 0.489 e. The Morgan fingerprint density at radius 3 is 2.41 bits per heavy atom. The van der Waals surface area contributed by atoms with Crippen molar-refractivity contribution in [2.75, 3.05) is 26.2 Å². The van der Waals surface area contributed by atoms with Crippen LogP contribution in [0.3, 0.4) is 0 Å². The maximum atomic E-state index is 6.25. The maximum Gasteiger partial charge on any atom is 0.124 e. The van der Waals surface area contributed by atoms with Crippen LogP contribution in [0.25, 0.3) is 10.8 Å². The van der Waals surface area contributed by atoms with Crippen molar-refractivity contribution in [1.82, 2.24) is 10.2 Å². The lowest BCUT2D eigenvalue weighted by Gasteiger charge is -2.18. The fourth-order valence-corrected chi connectivity index (χ4v) is 3.66. The van der Waals surface area contributed by atoms with Gasteiger partial charge in [-0.3, -0.25) is 0 Å². The molecular weight excluding hydrogens is 356 g/mol. The second-order valence-corrected chi connectivity index (χ2v) is 7.59. The highest BCUT2D eigenvalue weighted by molar-refractivity contribution is 5.87. The lowest BCUT2D eigenvalue weighted by Crippen LogP contribution is -2.27. The van der Waals surface area contributed by atoms with Gasteiger partial charge in [-0.25, -0.2) is 0 Å². The van der Waals surface area contributed by atoms with Crippen LogP contribution in [0.1, 0.15) is 37.0 Å². The summed E-state index contributed by atoms with van der Waals surface area (Å²) < 4.78 is 6.25. The van der Waals surface area contributed by atoms with Crippen LogP contribution < -0.4 is 10.1 Å². The van der Waals surface area contributed by atoms with Gasteiger partial charge in [-0.05, 0) is 61.9 Å². The van der Waals surface area contributed by atoms with Gasteiger partial charge in [0.25, 0.3) is 0 Å². The zero-order valence-corrected chi connectivity index (χ0v) is 18.1. The van der Waals surface area contributed by atoms with E-state index >= 15 is 0 Å². The number of ether oxygens (including phenoxy) is 1. The summed E-state index contributed by atoms with van der Waals surface area (Å²) in [5.74, 6) is 0.973. The number of benzene rings is 3. The molecule has 0 aliphatic heterocycles. The molecular formula is C26H34N2O. The first kappa shape index (κ1) is 21.4. The minimum atomic E-state index is 0.591. The van der Waals surface area contributed by atoms with Crippen LogP contribution in [0.4, 0.5) is 0 Å². The Bertz CT molecular complexity index is 885. The van der Waals surface area contributed by atoms with E-state index in [-0.39, 0.29) is 0 Å². The highest BCUT2D eigenvalue weighted by Gasteiger charge is 2.09. The molecule has 3 aromatic rings. The van der Waals surface area contributed by atoms with Gasteiger partial charge in [-0.2, -0.15) is 0 Å². The van der Waals surface area contributed by atoms with Gasteiger partial charge in [0, 0.05) is 12.1 Å². The molecule has 0 unspecified atom stereocenters. The molecule has 0 saturated carbocycles. The van der Waals surface area contributed by atoms with Crippen LogP contribution in [0.15, 0.2) is 60.7 Å². The van der Waals surface area contributed by atoms with Crippen molar-refractivity contribution in [2.45, 2.75) is 40.3 Å². The minimum Gasteiger partial charge on any atom is -0.489 e. The van der Waals surface area contributed by atoms with E-state index in [2.05, 4.69) is 91.7 Å². The van der Waals surface area contributed by atoms with Gasteiger partial charge < -0.3 is 15.0 Å². The lowest BCUT2D eigenvalue weighted by atomic mass is 10.0. The molecule has 0 atom stereocenters. The van der Waals surface area contributed by atoms with Crippen molar-refractivity contribution in [1.29, 1.82) is 0 Å². The van der Waals surface area contributed by atoms with E-state index in [9.17, 15) is 0 Å². The van der Waals surface area contributed by atoms with E-state index in [1.807, 2.05) is 0 Å². The Labute approximate surface area is 175 Å². The lowest BCUT2D eigenvalue weighted by molar-refractivity contribution is 0.296. The molecule has 3 rings (SSSR count). The standard InChI is InChI=1S/C26H34N2O/c1-4-28(5-2)18-8-17-27-19-25-24-10-7-6-9-23(24)15-16-26(25)29-20-22-13-11-21(3)12-14-22/h6-7,9-16,27H,4-5,8,17-20H2,1-3H3. The van der Waals surface area contributed by atoms with E-state index in [1.54, 1.807) is 0 Å². The topological polar surface area (TPSA) is 24.5 Å². The molecule has 0 bridgehead atoms. The van der Waals surface area contributed by atoms with Crippen molar-refractivity contribution in [3.05, 3.63) is 77.4 Å². The zero-order valence-electron chi connectivity index (χ0n) is 18.1. The molecule has 0 saturated heterocycles. The Balaban J connectivity index is 1.67. The molecule has 0 radical (unpaired) electrons. The zero-order chi connectivity index (χ0) is 20.5. The van der Waals surface area contributed by atoms with E-state index in [4.69, 9.17) is 4.74 Å². The molecule has 0 spiro atoms. The maximum absolute atomic E-state index is 6.25. The molecule has 0 aliphatic rings. The number of nitrogens with one attached hydrogen (secondary N) is 1. The summed E-state index contributed by atoms with van der Waals surface area (Å²) >= 11 is 0. The van der Waals surface area contributed by atoms with Gasteiger partial charge in [0.15, 0.2) is 0 Å². The van der Waals surface area contributed by atoms with E-state index in [0.29, 0.717) is 6.61 Å². The number of fused-ring (bicyclic) bond motifs is 1. The summed E-state index contributed by atoms with van der Waals surface area (Å²) in [5, 5.41) is 6.16. The third-order valence-corrected chi connectivity index (χ3v) is 5.54.